The van der Waals surface area contributed by atoms with Gasteiger partial charge in [0.2, 0.25) is 0 Å². The van der Waals surface area contributed by atoms with Crippen LogP contribution in [-0.4, -0.2) is 73.6 Å². The normalized spacial score (nSPS) is 17.1. The first-order chi connectivity index (χ1) is 18.9. The maximum atomic E-state index is 14.9. The monoisotopic (exact) mass is 543 g/mol. The van der Waals surface area contributed by atoms with Gasteiger partial charge in [0, 0.05) is 32.0 Å². The van der Waals surface area contributed by atoms with Crippen molar-refractivity contribution in [2.75, 3.05) is 51.3 Å². The van der Waals surface area contributed by atoms with E-state index in [1.165, 1.54) is 0 Å². The second-order valence-corrected chi connectivity index (χ2v) is 9.12. The molecular weight excluding hydrogens is 509 g/mol. The maximum absolute atomic E-state index is 14.9. The first-order valence-electron chi connectivity index (χ1n) is 12.7. The number of amides is 1. The highest BCUT2D eigenvalue weighted by molar-refractivity contribution is 5.99. The van der Waals surface area contributed by atoms with Crippen LogP contribution in [0.5, 0.6) is 11.8 Å². The van der Waals surface area contributed by atoms with Crippen LogP contribution in [0.15, 0.2) is 24.3 Å². The highest BCUT2D eigenvalue weighted by Gasteiger charge is 2.24. The van der Waals surface area contributed by atoms with E-state index in [4.69, 9.17) is 30.4 Å². The van der Waals surface area contributed by atoms with Crippen molar-refractivity contribution in [1.29, 1.82) is 0 Å². The fraction of sp³-hybridized carbons (Fsp3) is 0.462. The SMILES string of the molecule is COCCOc1nc2ccc(Nc3nc(NC4CCCCC4N)c(F)cc3C(N)=O)cc2nc1OCCOC. The third-order valence-electron chi connectivity index (χ3n) is 6.30. The van der Waals surface area contributed by atoms with Gasteiger partial charge in [-0.25, -0.2) is 19.3 Å². The van der Waals surface area contributed by atoms with Crippen LogP contribution in [0, 0.1) is 5.82 Å². The summed E-state index contributed by atoms with van der Waals surface area (Å²) < 4.78 is 36.4. The number of hydrogen-bond acceptors (Lipinski definition) is 11. The molecule has 0 spiro atoms. The molecule has 3 aromatic rings. The molecule has 0 aliphatic heterocycles. The third-order valence-corrected chi connectivity index (χ3v) is 6.30. The van der Waals surface area contributed by atoms with Crippen LogP contribution >= 0.6 is 0 Å². The number of aromatic nitrogens is 3. The van der Waals surface area contributed by atoms with E-state index < -0.39 is 11.7 Å². The number of fused-ring (bicyclic) bond motifs is 1. The number of nitrogens with zero attached hydrogens (tertiary/aromatic N) is 3. The zero-order chi connectivity index (χ0) is 27.8. The fourth-order valence-corrected chi connectivity index (χ4v) is 4.26. The predicted molar refractivity (Wildman–Crippen MR) is 144 cm³/mol. The summed E-state index contributed by atoms with van der Waals surface area (Å²) in [5, 5.41) is 6.17. The Morgan fingerprint density at radius 1 is 0.949 bits per heavy atom. The van der Waals surface area contributed by atoms with Gasteiger partial charge in [0.15, 0.2) is 11.6 Å². The second-order valence-electron chi connectivity index (χ2n) is 9.12. The lowest BCUT2D eigenvalue weighted by atomic mass is 9.91. The van der Waals surface area contributed by atoms with Crippen LogP contribution in [0.25, 0.3) is 11.0 Å². The number of benzene rings is 1. The molecule has 6 N–H and O–H groups in total. The van der Waals surface area contributed by atoms with Crippen LogP contribution in [0.1, 0.15) is 36.0 Å². The zero-order valence-corrected chi connectivity index (χ0v) is 22.0. The lowest BCUT2D eigenvalue weighted by Crippen LogP contribution is -2.43. The fourth-order valence-electron chi connectivity index (χ4n) is 4.26. The Morgan fingerprint density at radius 2 is 1.62 bits per heavy atom. The Balaban J connectivity index is 1.63. The molecule has 2 aromatic heterocycles. The summed E-state index contributed by atoms with van der Waals surface area (Å²) >= 11 is 0. The Kier molecular flexibility index (Phi) is 9.63. The van der Waals surface area contributed by atoms with Gasteiger partial charge in [-0.3, -0.25) is 4.79 Å². The number of primary amides is 1. The Labute approximate surface area is 225 Å². The Bertz CT molecular complexity index is 1300. The van der Waals surface area contributed by atoms with Crippen molar-refractivity contribution >= 4 is 34.3 Å². The summed E-state index contributed by atoms with van der Waals surface area (Å²) in [5.74, 6) is -0.992. The molecular formula is C26H34FN7O5. The molecule has 2 unspecified atom stereocenters. The van der Waals surface area contributed by atoms with Gasteiger partial charge in [0.25, 0.3) is 17.7 Å². The molecule has 210 valence electrons. The number of ether oxygens (including phenoxy) is 4. The number of halogens is 1. The van der Waals surface area contributed by atoms with Crippen LogP contribution < -0.4 is 31.6 Å². The van der Waals surface area contributed by atoms with Gasteiger partial charge in [-0.05, 0) is 37.1 Å². The van der Waals surface area contributed by atoms with E-state index in [0.717, 1.165) is 31.7 Å². The molecule has 1 aliphatic carbocycles. The van der Waals surface area contributed by atoms with Crippen molar-refractivity contribution in [2.24, 2.45) is 11.5 Å². The first kappa shape index (κ1) is 28.2. The summed E-state index contributed by atoms with van der Waals surface area (Å²) in [6.07, 6.45) is 3.68. The highest BCUT2D eigenvalue weighted by Crippen LogP contribution is 2.30. The standard InChI is InChI=1S/C26H34FN7O5/c1-36-9-11-38-25-26(39-12-10-37-2)33-21-13-15(7-8-20(21)32-25)30-23-16(22(29)35)14-17(27)24(34-23)31-19-6-4-3-5-18(19)28/h7-8,13-14,18-19H,3-6,9-12,28H2,1-2H3,(H2,29,35)(H2,30,31,34). The van der Waals surface area contributed by atoms with Crippen LogP contribution in [0.2, 0.25) is 0 Å². The van der Waals surface area contributed by atoms with E-state index in [1.54, 1.807) is 32.4 Å². The molecule has 0 radical (unpaired) electrons. The van der Waals surface area contributed by atoms with E-state index >= 15 is 0 Å². The highest BCUT2D eigenvalue weighted by atomic mass is 19.1. The minimum atomic E-state index is -0.822. The predicted octanol–water partition coefficient (Wildman–Crippen LogP) is 2.74. The zero-order valence-electron chi connectivity index (χ0n) is 22.0. The molecule has 1 saturated carbocycles. The number of carbonyl (C=O) groups excluding carboxylic acids is 1. The molecule has 1 fully saturated rings. The van der Waals surface area contributed by atoms with Crippen molar-refractivity contribution in [3.05, 3.63) is 35.6 Å². The van der Waals surface area contributed by atoms with E-state index in [9.17, 15) is 9.18 Å². The molecule has 13 heteroatoms. The molecule has 2 atom stereocenters. The number of hydrogen-bond donors (Lipinski definition) is 4. The Hall–Kier alpha value is -3.81. The van der Waals surface area contributed by atoms with Crippen LogP contribution in [0.3, 0.4) is 0 Å². The molecule has 12 nitrogen and oxygen atoms in total. The quantitative estimate of drug-likeness (QED) is 0.234. The number of pyridine rings is 1. The number of methoxy groups -OCH3 is 2. The molecule has 0 bridgehead atoms. The molecule has 1 aromatic carbocycles. The van der Waals surface area contributed by atoms with Crippen LogP contribution in [0.4, 0.5) is 21.7 Å². The molecule has 0 saturated heterocycles. The number of anilines is 3. The second kappa shape index (κ2) is 13.3. The van der Waals surface area contributed by atoms with Gasteiger partial charge in [-0.2, -0.15) is 0 Å². The van der Waals surface area contributed by atoms with Crippen molar-refractivity contribution in [1.82, 2.24) is 15.0 Å². The van der Waals surface area contributed by atoms with Crippen LogP contribution in [-0.2, 0) is 9.47 Å². The third kappa shape index (κ3) is 7.19. The minimum absolute atomic E-state index is 0.00268. The molecule has 1 aliphatic rings. The van der Waals surface area contributed by atoms with Crippen molar-refractivity contribution < 1.29 is 28.1 Å². The summed E-state index contributed by atoms with van der Waals surface area (Å²) in [6, 6.07) is 5.98. The van der Waals surface area contributed by atoms with Gasteiger partial charge >= 0.3 is 0 Å². The van der Waals surface area contributed by atoms with Crippen molar-refractivity contribution in [3.8, 4) is 11.8 Å². The number of rotatable bonds is 13. The van der Waals surface area contributed by atoms with Gasteiger partial charge < -0.3 is 41.0 Å². The van der Waals surface area contributed by atoms with Gasteiger partial charge in [-0.1, -0.05) is 12.8 Å². The van der Waals surface area contributed by atoms with Gasteiger partial charge in [-0.15, -0.1) is 0 Å². The summed E-state index contributed by atoms with van der Waals surface area (Å²) in [5.41, 5.74) is 13.2. The lowest BCUT2D eigenvalue weighted by molar-refractivity contribution is 0.100. The molecule has 39 heavy (non-hydrogen) atoms. The number of nitrogens with two attached hydrogens (primary N) is 2. The average Bonchev–Trinajstić information content (AvgIpc) is 2.92. The average molecular weight is 544 g/mol. The van der Waals surface area contributed by atoms with Gasteiger partial charge in [0.1, 0.15) is 19.0 Å². The van der Waals surface area contributed by atoms with Crippen molar-refractivity contribution in [3.63, 3.8) is 0 Å². The van der Waals surface area contributed by atoms with E-state index in [-0.39, 0.29) is 54.3 Å². The van der Waals surface area contributed by atoms with Gasteiger partial charge in [0.05, 0.1) is 29.8 Å². The smallest absolute Gasteiger partial charge is 0.278 e. The van der Waals surface area contributed by atoms with Crippen molar-refractivity contribution in [2.45, 2.75) is 37.8 Å². The largest absolute Gasteiger partial charge is 0.471 e. The summed E-state index contributed by atoms with van der Waals surface area (Å²) in [7, 11) is 3.14. The minimum Gasteiger partial charge on any atom is -0.471 e. The summed E-state index contributed by atoms with van der Waals surface area (Å²) in [6.45, 7) is 1.24. The number of carbonyl (C=O) groups is 1. The van der Waals surface area contributed by atoms with E-state index in [1.807, 2.05) is 0 Å². The van der Waals surface area contributed by atoms with E-state index in [2.05, 4.69) is 25.6 Å². The summed E-state index contributed by atoms with van der Waals surface area (Å²) in [4.78, 5) is 25.6. The topological polar surface area (TPSA) is 169 Å². The Morgan fingerprint density at radius 3 is 2.26 bits per heavy atom. The van der Waals surface area contributed by atoms with E-state index in [0.29, 0.717) is 29.9 Å². The molecule has 2 heterocycles. The first-order valence-corrected chi connectivity index (χ1v) is 12.7. The molecule has 1 amide bonds. The maximum Gasteiger partial charge on any atom is 0.278 e. The number of nitrogens with one attached hydrogen (secondary N) is 2. The lowest BCUT2D eigenvalue weighted by Gasteiger charge is -2.30. The molecule has 4 rings (SSSR count).